The summed E-state index contributed by atoms with van der Waals surface area (Å²) < 4.78 is 11.2. The van der Waals surface area contributed by atoms with Gasteiger partial charge in [0.15, 0.2) is 0 Å². The van der Waals surface area contributed by atoms with Gasteiger partial charge in [0, 0.05) is 31.4 Å². The standard InChI is InChI=1S/C16H24ClN3O2/c17-13-4-2-6-20-16(13)22-10-8-18-14-5-1-3-12(14)15-11-21-9-7-19-15/h2,4,6,12,14-15,18-19H,1,3,5,7-11H2. The minimum absolute atomic E-state index is 0.486. The predicted molar refractivity (Wildman–Crippen MR) is 86.5 cm³/mol. The zero-order chi connectivity index (χ0) is 15.2. The molecule has 1 aromatic rings. The number of aromatic nitrogens is 1. The Balaban J connectivity index is 1.41. The van der Waals surface area contributed by atoms with Crippen molar-refractivity contribution in [2.45, 2.75) is 31.3 Å². The molecule has 1 aliphatic carbocycles. The van der Waals surface area contributed by atoms with Crippen LogP contribution in [0.2, 0.25) is 5.02 Å². The second-order valence-corrected chi connectivity index (χ2v) is 6.34. The molecule has 22 heavy (non-hydrogen) atoms. The lowest BCUT2D eigenvalue weighted by Gasteiger charge is -2.33. The van der Waals surface area contributed by atoms with Crippen LogP contribution in [-0.4, -0.2) is 50.0 Å². The number of ether oxygens (including phenoxy) is 2. The molecule has 3 unspecified atom stereocenters. The quantitative estimate of drug-likeness (QED) is 0.782. The Morgan fingerprint density at radius 2 is 2.41 bits per heavy atom. The third-order valence-electron chi connectivity index (χ3n) is 4.51. The molecule has 2 aliphatic rings. The number of nitrogens with zero attached hydrogens (tertiary/aromatic N) is 1. The van der Waals surface area contributed by atoms with E-state index in [2.05, 4.69) is 15.6 Å². The SMILES string of the molecule is Clc1cccnc1OCCNC1CCCC1C1COCCN1. The molecule has 0 amide bonds. The van der Waals surface area contributed by atoms with Gasteiger partial charge in [-0.1, -0.05) is 18.0 Å². The third kappa shape index (κ3) is 4.10. The van der Waals surface area contributed by atoms with Crippen molar-refractivity contribution >= 4 is 11.6 Å². The fourth-order valence-electron chi connectivity index (χ4n) is 3.45. The van der Waals surface area contributed by atoms with Crippen molar-refractivity contribution in [2.75, 3.05) is 32.9 Å². The molecule has 2 heterocycles. The van der Waals surface area contributed by atoms with E-state index in [1.54, 1.807) is 18.3 Å². The number of rotatable bonds is 6. The first-order valence-corrected chi connectivity index (χ1v) is 8.50. The number of halogens is 1. The van der Waals surface area contributed by atoms with Gasteiger partial charge < -0.3 is 20.1 Å². The highest BCUT2D eigenvalue weighted by atomic mass is 35.5. The Morgan fingerprint density at radius 3 is 3.23 bits per heavy atom. The molecule has 3 atom stereocenters. The lowest BCUT2D eigenvalue weighted by Crippen LogP contribution is -2.51. The van der Waals surface area contributed by atoms with Crippen molar-refractivity contribution in [1.82, 2.24) is 15.6 Å². The number of hydrogen-bond acceptors (Lipinski definition) is 5. The highest BCUT2D eigenvalue weighted by Gasteiger charge is 2.34. The van der Waals surface area contributed by atoms with E-state index < -0.39 is 0 Å². The van der Waals surface area contributed by atoms with Gasteiger partial charge in [-0.25, -0.2) is 4.98 Å². The maximum Gasteiger partial charge on any atom is 0.232 e. The van der Waals surface area contributed by atoms with Gasteiger partial charge in [0.05, 0.1) is 13.2 Å². The van der Waals surface area contributed by atoms with Crippen molar-refractivity contribution < 1.29 is 9.47 Å². The van der Waals surface area contributed by atoms with Crippen LogP contribution in [0.1, 0.15) is 19.3 Å². The first-order chi connectivity index (χ1) is 10.8. The first kappa shape index (κ1) is 16.0. The van der Waals surface area contributed by atoms with Crippen molar-refractivity contribution in [1.29, 1.82) is 0 Å². The topological polar surface area (TPSA) is 55.4 Å². The van der Waals surface area contributed by atoms with E-state index in [0.29, 0.717) is 35.5 Å². The maximum absolute atomic E-state index is 6.02. The Hall–Kier alpha value is -0.880. The maximum atomic E-state index is 6.02. The van der Waals surface area contributed by atoms with E-state index in [-0.39, 0.29) is 0 Å². The van der Waals surface area contributed by atoms with Crippen molar-refractivity contribution in [3.05, 3.63) is 23.4 Å². The molecule has 6 heteroatoms. The summed E-state index contributed by atoms with van der Waals surface area (Å²) in [5, 5.41) is 7.78. The highest BCUT2D eigenvalue weighted by Crippen LogP contribution is 2.29. The molecule has 1 aromatic heterocycles. The molecule has 1 saturated heterocycles. The molecule has 2 N–H and O–H groups in total. The van der Waals surface area contributed by atoms with Crippen LogP contribution in [0.25, 0.3) is 0 Å². The molecule has 1 saturated carbocycles. The summed E-state index contributed by atoms with van der Waals surface area (Å²) in [4.78, 5) is 4.13. The fourth-order valence-corrected chi connectivity index (χ4v) is 3.63. The number of pyridine rings is 1. The van der Waals surface area contributed by atoms with E-state index in [1.807, 2.05) is 0 Å². The van der Waals surface area contributed by atoms with Gasteiger partial charge in [-0.2, -0.15) is 0 Å². The van der Waals surface area contributed by atoms with Crippen LogP contribution in [0.4, 0.5) is 0 Å². The average molecular weight is 326 g/mol. The summed E-state index contributed by atoms with van der Waals surface area (Å²) in [5.41, 5.74) is 0. The van der Waals surface area contributed by atoms with E-state index in [1.165, 1.54) is 19.3 Å². The molecular weight excluding hydrogens is 302 g/mol. The van der Waals surface area contributed by atoms with Crippen molar-refractivity contribution in [3.63, 3.8) is 0 Å². The third-order valence-corrected chi connectivity index (χ3v) is 4.80. The Morgan fingerprint density at radius 1 is 1.45 bits per heavy atom. The summed E-state index contributed by atoms with van der Waals surface area (Å²) >= 11 is 6.02. The van der Waals surface area contributed by atoms with Gasteiger partial charge in [0.2, 0.25) is 5.88 Å². The second kappa shape index (κ2) is 8.11. The van der Waals surface area contributed by atoms with Crippen LogP contribution >= 0.6 is 11.6 Å². The van der Waals surface area contributed by atoms with Gasteiger partial charge in [-0.15, -0.1) is 0 Å². The zero-order valence-electron chi connectivity index (χ0n) is 12.8. The zero-order valence-corrected chi connectivity index (χ0v) is 13.5. The minimum atomic E-state index is 0.486. The molecule has 122 valence electrons. The molecule has 0 bridgehead atoms. The highest BCUT2D eigenvalue weighted by molar-refractivity contribution is 6.31. The van der Waals surface area contributed by atoms with Crippen LogP contribution in [0.5, 0.6) is 5.88 Å². The lowest BCUT2D eigenvalue weighted by atomic mass is 9.94. The van der Waals surface area contributed by atoms with Crippen LogP contribution in [0.15, 0.2) is 18.3 Å². The normalized spacial score (nSPS) is 28.7. The van der Waals surface area contributed by atoms with E-state index in [9.17, 15) is 0 Å². The summed E-state index contributed by atoms with van der Waals surface area (Å²) in [6.45, 7) is 4.02. The molecule has 0 spiro atoms. The molecule has 0 radical (unpaired) electrons. The average Bonchev–Trinajstić information content (AvgIpc) is 3.02. The molecule has 2 fully saturated rings. The van der Waals surface area contributed by atoms with E-state index >= 15 is 0 Å². The van der Waals surface area contributed by atoms with Gasteiger partial charge in [-0.3, -0.25) is 0 Å². The van der Waals surface area contributed by atoms with Crippen LogP contribution in [0.3, 0.4) is 0 Å². The lowest BCUT2D eigenvalue weighted by molar-refractivity contribution is 0.0523. The monoisotopic (exact) mass is 325 g/mol. The van der Waals surface area contributed by atoms with Crippen molar-refractivity contribution in [3.8, 4) is 5.88 Å². The summed E-state index contributed by atoms with van der Waals surface area (Å²) in [7, 11) is 0. The van der Waals surface area contributed by atoms with Crippen LogP contribution in [-0.2, 0) is 4.74 Å². The fraction of sp³-hybridized carbons (Fsp3) is 0.688. The number of morpholine rings is 1. The summed E-state index contributed by atoms with van der Waals surface area (Å²) in [5.74, 6) is 1.16. The summed E-state index contributed by atoms with van der Waals surface area (Å²) in [6, 6.07) is 4.62. The Bertz CT molecular complexity index is 468. The first-order valence-electron chi connectivity index (χ1n) is 8.12. The minimum Gasteiger partial charge on any atom is -0.475 e. The van der Waals surface area contributed by atoms with Gasteiger partial charge >= 0.3 is 0 Å². The van der Waals surface area contributed by atoms with Crippen LogP contribution in [0, 0.1) is 5.92 Å². The molecule has 3 rings (SSSR count). The van der Waals surface area contributed by atoms with E-state index in [4.69, 9.17) is 21.1 Å². The van der Waals surface area contributed by atoms with Gasteiger partial charge in [-0.05, 0) is 30.9 Å². The summed E-state index contributed by atoms with van der Waals surface area (Å²) in [6.07, 6.45) is 5.47. The van der Waals surface area contributed by atoms with Crippen molar-refractivity contribution in [2.24, 2.45) is 5.92 Å². The largest absolute Gasteiger partial charge is 0.475 e. The Labute approximate surface area is 136 Å². The molecular formula is C16H24ClN3O2. The predicted octanol–water partition coefficient (Wildman–Crippen LogP) is 1.86. The Kier molecular flexibility index (Phi) is 5.89. The number of nitrogens with one attached hydrogen (secondary N) is 2. The van der Waals surface area contributed by atoms with E-state index in [0.717, 1.165) is 26.3 Å². The van der Waals surface area contributed by atoms with Gasteiger partial charge in [0.1, 0.15) is 11.6 Å². The second-order valence-electron chi connectivity index (χ2n) is 5.93. The smallest absolute Gasteiger partial charge is 0.232 e. The molecule has 1 aliphatic heterocycles. The van der Waals surface area contributed by atoms with Crippen LogP contribution < -0.4 is 15.4 Å². The number of hydrogen-bond donors (Lipinski definition) is 2. The molecule has 0 aromatic carbocycles. The molecule has 5 nitrogen and oxygen atoms in total. The van der Waals surface area contributed by atoms with Gasteiger partial charge in [0.25, 0.3) is 0 Å².